The van der Waals surface area contributed by atoms with Crippen LogP contribution in [0.5, 0.6) is 0 Å². The molecule has 2 atom stereocenters. The lowest BCUT2D eigenvalue weighted by atomic mass is 9.94. The molecular formula is C47H42N3O+3. The average Bonchev–Trinajstić information content (AvgIpc) is 3.67. The van der Waals surface area contributed by atoms with Crippen LogP contribution in [0.3, 0.4) is 0 Å². The van der Waals surface area contributed by atoms with Crippen molar-refractivity contribution in [3.05, 3.63) is 173 Å². The van der Waals surface area contributed by atoms with E-state index < -0.39 is 0 Å². The highest BCUT2D eigenvalue weighted by Gasteiger charge is 2.51. The van der Waals surface area contributed by atoms with Gasteiger partial charge in [0.2, 0.25) is 23.6 Å². The Morgan fingerprint density at radius 3 is 2.12 bits per heavy atom. The van der Waals surface area contributed by atoms with Gasteiger partial charge in [0.05, 0.1) is 5.56 Å². The molecular weight excluding hydrogens is 623 g/mol. The molecule has 0 aliphatic carbocycles. The van der Waals surface area contributed by atoms with Gasteiger partial charge < -0.3 is 4.42 Å². The first kappa shape index (κ1) is 31.1. The van der Waals surface area contributed by atoms with Crippen molar-refractivity contribution in [2.75, 3.05) is 0 Å². The van der Waals surface area contributed by atoms with Crippen molar-refractivity contribution in [3.63, 3.8) is 0 Å². The van der Waals surface area contributed by atoms with E-state index in [4.69, 9.17) is 4.42 Å². The Kier molecular flexibility index (Phi) is 7.43. The van der Waals surface area contributed by atoms with E-state index in [1.807, 2.05) is 6.07 Å². The van der Waals surface area contributed by atoms with Crippen LogP contribution in [0.4, 0.5) is 0 Å². The molecule has 0 radical (unpaired) electrons. The number of fused-ring (bicyclic) bond motifs is 6. The summed E-state index contributed by atoms with van der Waals surface area (Å²) in [6.45, 7) is 11.9. The third-order valence-corrected chi connectivity index (χ3v) is 11.0. The summed E-state index contributed by atoms with van der Waals surface area (Å²) in [5.41, 5.74) is 16.9. The first-order valence-electron chi connectivity index (χ1n) is 18.0. The second kappa shape index (κ2) is 12.2. The molecule has 1 aliphatic heterocycles. The van der Waals surface area contributed by atoms with Crippen LogP contribution in [0.25, 0.3) is 55.7 Å². The minimum Gasteiger partial charge on any atom is -0.456 e. The summed E-state index contributed by atoms with van der Waals surface area (Å²) >= 11 is 0. The largest absolute Gasteiger partial charge is 0.456 e. The molecule has 51 heavy (non-hydrogen) atoms. The van der Waals surface area contributed by atoms with Crippen LogP contribution < -0.4 is 13.7 Å². The number of hydrogen-bond acceptors (Lipinski definition) is 1. The summed E-state index contributed by atoms with van der Waals surface area (Å²) in [6, 6.07) is 48.9. The van der Waals surface area contributed by atoms with Crippen LogP contribution in [0.1, 0.15) is 45.7 Å². The van der Waals surface area contributed by atoms with E-state index in [1.54, 1.807) is 0 Å². The molecule has 0 saturated carbocycles. The first-order chi connectivity index (χ1) is 24.9. The van der Waals surface area contributed by atoms with E-state index in [-0.39, 0.29) is 12.1 Å². The number of benzene rings is 4. The van der Waals surface area contributed by atoms with Crippen molar-refractivity contribution in [2.45, 2.75) is 53.2 Å². The molecule has 248 valence electrons. The van der Waals surface area contributed by atoms with Gasteiger partial charge in [0.1, 0.15) is 11.2 Å². The molecule has 9 rings (SSSR count). The molecule has 0 fully saturated rings. The van der Waals surface area contributed by atoms with Gasteiger partial charge in [-0.05, 0) is 80.4 Å². The maximum absolute atomic E-state index is 6.31. The van der Waals surface area contributed by atoms with E-state index in [1.165, 1.54) is 67.4 Å². The summed E-state index contributed by atoms with van der Waals surface area (Å²) < 4.78 is 14.0. The van der Waals surface area contributed by atoms with E-state index in [0.29, 0.717) is 0 Å². The fourth-order valence-electron chi connectivity index (χ4n) is 8.61. The second-order valence-corrected chi connectivity index (χ2v) is 14.3. The molecule has 0 amide bonds. The molecule has 4 heteroatoms. The number of rotatable bonds is 6. The van der Waals surface area contributed by atoms with Crippen LogP contribution in [0.15, 0.2) is 144 Å². The Balaban J connectivity index is 1.31. The number of aromatic nitrogens is 3. The number of aryl methyl sites for hydroxylation is 5. The lowest BCUT2D eigenvalue weighted by Gasteiger charge is -2.21. The van der Waals surface area contributed by atoms with Crippen LogP contribution in [-0.4, -0.2) is 0 Å². The smallest absolute Gasteiger partial charge is 0.282 e. The van der Waals surface area contributed by atoms with Gasteiger partial charge in [-0.15, -0.1) is 0 Å². The molecule has 4 aromatic heterocycles. The minimum absolute atomic E-state index is 0.0265. The second-order valence-electron chi connectivity index (χ2n) is 14.3. The predicted molar refractivity (Wildman–Crippen MR) is 204 cm³/mol. The van der Waals surface area contributed by atoms with Gasteiger partial charge in [0.15, 0.2) is 17.6 Å². The summed E-state index contributed by atoms with van der Waals surface area (Å²) in [4.78, 5) is 0. The number of para-hydroxylation sites is 1. The van der Waals surface area contributed by atoms with Gasteiger partial charge >= 0.3 is 0 Å². The standard InChI is InChI=1S/C47H42N3O/c1-30-24-25-41(39-27-40-37-19-10-11-23-45(37)51-46(40)26-32(39)3)48(28-30)29-44(49-33(4)15-12-21-42(49)35-17-7-6-14-31(35)2)47-38-20-9-8-18-36(38)43-22-13-16-34(5)50(43)47/h6-28,44,47H,29H2,1-5H3/q+3. The molecule has 0 N–H and O–H groups in total. The van der Waals surface area contributed by atoms with Crippen LogP contribution in [0, 0.1) is 34.6 Å². The van der Waals surface area contributed by atoms with E-state index in [9.17, 15) is 0 Å². The highest BCUT2D eigenvalue weighted by molar-refractivity contribution is 6.06. The first-order valence-corrected chi connectivity index (χ1v) is 18.0. The van der Waals surface area contributed by atoms with Crippen molar-refractivity contribution in [1.82, 2.24) is 0 Å². The lowest BCUT2D eigenvalue weighted by molar-refractivity contribution is -0.842. The SMILES string of the molecule is Cc1ccc(-c2cc3c(cc2C)oc2ccccc23)[n+](CC(C2c3ccccc3-c3cccc(C)[n+]32)[n+]2c(C)cccc2-c2ccccc2C)c1. The summed E-state index contributed by atoms with van der Waals surface area (Å²) in [6.07, 6.45) is 2.34. The highest BCUT2D eigenvalue weighted by Crippen LogP contribution is 2.40. The van der Waals surface area contributed by atoms with Crippen LogP contribution in [-0.2, 0) is 6.54 Å². The van der Waals surface area contributed by atoms with Crippen molar-refractivity contribution in [2.24, 2.45) is 0 Å². The molecule has 0 spiro atoms. The molecule has 8 aromatic rings. The normalized spacial score (nSPS) is 14.2. The number of nitrogens with zero attached hydrogens (tertiary/aromatic N) is 3. The Bertz CT molecular complexity index is 2650. The third-order valence-electron chi connectivity index (χ3n) is 11.0. The molecule has 4 aromatic carbocycles. The summed E-state index contributed by atoms with van der Waals surface area (Å²) in [7, 11) is 0. The lowest BCUT2D eigenvalue weighted by Crippen LogP contribution is -2.60. The fourth-order valence-corrected chi connectivity index (χ4v) is 8.61. The van der Waals surface area contributed by atoms with Gasteiger partial charge in [0.25, 0.3) is 12.1 Å². The van der Waals surface area contributed by atoms with Crippen molar-refractivity contribution in [3.8, 4) is 33.8 Å². The Morgan fingerprint density at radius 2 is 1.27 bits per heavy atom. The maximum Gasteiger partial charge on any atom is 0.282 e. The zero-order chi connectivity index (χ0) is 34.8. The Morgan fingerprint density at radius 1 is 0.549 bits per heavy atom. The third kappa shape index (κ3) is 5.08. The van der Waals surface area contributed by atoms with Crippen molar-refractivity contribution in [1.29, 1.82) is 0 Å². The van der Waals surface area contributed by atoms with Crippen LogP contribution >= 0.6 is 0 Å². The van der Waals surface area contributed by atoms with Gasteiger partial charge in [-0.25, -0.2) is 0 Å². The number of pyridine rings is 3. The van der Waals surface area contributed by atoms with Crippen LogP contribution in [0.2, 0.25) is 0 Å². The maximum atomic E-state index is 6.31. The van der Waals surface area contributed by atoms with Gasteiger partial charge in [-0.2, -0.15) is 13.7 Å². The van der Waals surface area contributed by atoms with Crippen molar-refractivity contribution >= 4 is 21.9 Å². The number of furan rings is 1. The van der Waals surface area contributed by atoms with Crippen molar-refractivity contribution < 1.29 is 18.1 Å². The average molecular weight is 665 g/mol. The zero-order valence-corrected chi connectivity index (χ0v) is 29.9. The monoisotopic (exact) mass is 664 g/mol. The van der Waals surface area contributed by atoms with Gasteiger partial charge in [-0.3, -0.25) is 0 Å². The predicted octanol–water partition coefficient (Wildman–Crippen LogP) is 9.84. The van der Waals surface area contributed by atoms with Gasteiger partial charge in [0, 0.05) is 77.2 Å². The minimum atomic E-state index is 0.0265. The fraction of sp³-hybridized carbons (Fsp3) is 0.170. The molecule has 1 aliphatic rings. The van der Waals surface area contributed by atoms with E-state index in [0.717, 1.165) is 28.5 Å². The molecule has 2 unspecified atom stereocenters. The topological polar surface area (TPSA) is 24.8 Å². The summed E-state index contributed by atoms with van der Waals surface area (Å²) in [5, 5.41) is 2.30. The van der Waals surface area contributed by atoms with Gasteiger partial charge in [-0.1, -0.05) is 54.6 Å². The molecule has 0 saturated heterocycles. The zero-order valence-electron chi connectivity index (χ0n) is 29.9. The quantitative estimate of drug-likeness (QED) is 0.163. The Hall–Kier alpha value is -5.87. The van der Waals surface area contributed by atoms with E-state index in [2.05, 4.69) is 182 Å². The molecule has 0 bridgehead atoms. The molecule has 4 nitrogen and oxygen atoms in total. The van der Waals surface area contributed by atoms with E-state index >= 15 is 0 Å². The number of hydrogen-bond donors (Lipinski definition) is 0. The Labute approximate surface area is 299 Å². The summed E-state index contributed by atoms with van der Waals surface area (Å²) in [5.74, 6) is 0. The highest BCUT2D eigenvalue weighted by atomic mass is 16.3. The molecule has 5 heterocycles.